The Hall–Kier alpha value is -1.44. The van der Waals surface area contributed by atoms with Gasteiger partial charge < -0.3 is 19.7 Å². The van der Waals surface area contributed by atoms with Gasteiger partial charge in [-0.3, -0.25) is 9.69 Å². The van der Waals surface area contributed by atoms with Crippen molar-refractivity contribution < 1.29 is 29.3 Å². The second-order valence-corrected chi connectivity index (χ2v) is 7.83. The Kier molecular flexibility index (Phi) is 4.25. The van der Waals surface area contributed by atoms with E-state index in [0.29, 0.717) is 12.8 Å². The lowest BCUT2D eigenvalue weighted by molar-refractivity contribution is -0.188. The van der Waals surface area contributed by atoms with Crippen LogP contribution in [0.3, 0.4) is 0 Å². The standard InChI is InChI=1S/C18H27NO6/c1-5-16(2)14(21)25-17(3,18(16,4)23)15(22)24-10-11-6-8-19-9-7-12(20)13(11)19/h6,12-13,20,23H,5,7-10H2,1-4H3/t12-,13-,16-,17-,18+/m1/s1. The molecule has 2 fully saturated rings. The molecular formula is C18H27NO6. The zero-order valence-electron chi connectivity index (χ0n) is 15.2. The number of hydrogen-bond donors (Lipinski definition) is 2. The number of hydrogen-bond acceptors (Lipinski definition) is 7. The van der Waals surface area contributed by atoms with Crippen LogP contribution in [0, 0.1) is 5.41 Å². The van der Waals surface area contributed by atoms with Crippen molar-refractivity contribution in [3.63, 3.8) is 0 Å². The molecule has 0 spiro atoms. The Balaban J connectivity index is 1.72. The minimum atomic E-state index is -1.76. The van der Waals surface area contributed by atoms with E-state index in [-0.39, 0.29) is 12.6 Å². The highest BCUT2D eigenvalue weighted by Crippen LogP contribution is 2.51. The number of carbonyl (C=O) groups excluding carboxylic acids is 2. The van der Waals surface area contributed by atoms with E-state index in [1.54, 1.807) is 13.8 Å². The summed E-state index contributed by atoms with van der Waals surface area (Å²) in [5.41, 5.74) is -3.77. The van der Waals surface area contributed by atoms with Gasteiger partial charge in [0.25, 0.3) is 0 Å². The van der Waals surface area contributed by atoms with Gasteiger partial charge in [-0.2, -0.15) is 0 Å². The van der Waals surface area contributed by atoms with Crippen molar-refractivity contribution in [2.24, 2.45) is 5.41 Å². The highest BCUT2D eigenvalue weighted by atomic mass is 16.6. The van der Waals surface area contributed by atoms with Crippen LogP contribution in [-0.2, 0) is 19.1 Å². The second-order valence-electron chi connectivity index (χ2n) is 7.83. The lowest BCUT2D eigenvalue weighted by atomic mass is 9.67. The molecule has 7 heteroatoms. The Bertz CT molecular complexity index is 629. The lowest BCUT2D eigenvalue weighted by Crippen LogP contribution is -2.59. The van der Waals surface area contributed by atoms with Crippen LogP contribution in [0.15, 0.2) is 11.6 Å². The summed E-state index contributed by atoms with van der Waals surface area (Å²) in [6.07, 6.45) is 2.54. The van der Waals surface area contributed by atoms with Gasteiger partial charge >= 0.3 is 11.9 Å². The summed E-state index contributed by atoms with van der Waals surface area (Å²) in [6, 6.07) is -0.117. The van der Waals surface area contributed by atoms with Gasteiger partial charge in [-0.1, -0.05) is 13.0 Å². The van der Waals surface area contributed by atoms with Crippen molar-refractivity contribution in [3.8, 4) is 0 Å². The Labute approximate surface area is 147 Å². The maximum absolute atomic E-state index is 12.7. The molecule has 3 rings (SSSR count). The summed E-state index contributed by atoms with van der Waals surface area (Å²) in [5.74, 6) is -1.37. The quantitative estimate of drug-likeness (QED) is 0.557. The molecule has 0 aliphatic carbocycles. The predicted octanol–water partition coefficient (Wildman–Crippen LogP) is 0.388. The van der Waals surface area contributed by atoms with Crippen LogP contribution in [0.4, 0.5) is 0 Å². The average molecular weight is 353 g/mol. The van der Waals surface area contributed by atoms with Crippen molar-refractivity contribution >= 4 is 11.9 Å². The molecule has 7 nitrogen and oxygen atoms in total. The molecule has 0 amide bonds. The van der Waals surface area contributed by atoms with Crippen molar-refractivity contribution in [3.05, 3.63) is 11.6 Å². The van der Waals surface area contributed by atoms with Crippen LogP contribution in [0.1, 0.15) is 40.5 Å². The summed E-state index contributed by atoms with van der Waals surface area (Å²) in [7, 11) is 0. The molecular weight excluding hydrogens is 326 g/mol. The number of carbonyl (C=O) groups is 2. The van der Waals surface area contributed by atoms with Crippen LogP contribution in [-0.4, -0.2) is 70.1 Å². The highest BCUT2D eigenvalue weighted by molar-refractivity contribution is 5.92. The number of rotatable bonds is 4. The van der Waals surface area contributed by atoms with Gasteiger partial charge in [-0.25, -0.2) is 4.79 Å². The number of fused-ring (bicyclic) bond motifs is 1. The topological polar surface area (TPSA) is 96.3 Å². The van der Waals surface area contributed by atoms with E-state index >= 15 is 0 Å². The van der Waals surface area contributed by atoms with E-state index in [2.05, 4.69) is 4.90 Å². The van der Waals surface area contributed by atoms with E-state index in [1.807, 2.05) is 6.08 Å². The zero-order chi connectivity index (χ0) is 18.6. The molecule has 140 valence electrons. The lowest BCUT2D eigenvalue weighted by Gasteiger charge is -2.38. The highest BCUT2D eigenvalue weighted by Gasteiger charge is 2.71. The predicted molar refractivity (Wildman–Crippen MR) is 88.5 cm³/mol. The van der Waals surface area contributed by atoms with Crippen molar-refractivity contribution in [2.45, 2.75) is 63.9 Å². The van der Waals surface area contributed by atoms with Gasteiger partial charge in [-0.05, 0) is 39.2 Å². The zero-order valence-corrected chi connectivity index (χ0v) is 15.2. The van der Waals surface area contributed by atoms with Crippen molar-refractivity contribution in [1.82, 2.24) is 4.90 Å². The molecule has 0 aromatic rings. The third-order valence-corrected chi connectivity index (χ3v) is 6.66. The molecule has 0 radical (unpaired) electrons. The molecule has 2 N–H and O–H groups in total. The summed E-state index contributed by atoms with van der Waals surface area (Å²) >= 11 is 0. The van der Waals surface area contributed by atoms with E-state index in [9.17, 15) is 19.8 Å². The monoisotopic (exact) mass is 353 g/mol. The van der Waals surface area contributed by atoms with Gasteiger partial charge in [0.1, 0.15) is 12.2 Å². The molecule has 0 saturated carbocycles. The SMILES string of the molecule is CC[C@]1(C)C(=O)O[C@](C)(C(=O)OCC2=CCN3CC[C@@H](O)[C@@H]23)[C@@]1(C)O. The maximum atomic E-state index is 12.7. The molecule has 3 aliphatic rings. The van der Waals surface area contributed by atoms with Crippen LogP contribution in [0.25, 0.3) is 0 Å². The van der Waals surface area contributed by atoms with Crippen molar-refractivity contribution in [1.29, 1.82) is 0 Å². The first-order valence-corrected chi connectivity index (χ1v) is 8.82. The van der Waals surface area contributed by atoms with Crippen LogP contribution < -0.4 is 0 Å². The number of aliphatic hydroxyl groups excluding tert-OH is 1. The Morgan fingerprint density at radius 1 is 1.44 bits per heavy atom. The van der Waals surface area contributed by atoms with E-state index in [0.717, 1.165) is 18.7 Å². The number of ether oxygens (including phenoxy) is 2. The van der Waals surface area contributed by atoms with Crippen LogP contribution >= 0.6 is 0 Å². The van der Waals surface area contributed by atoms with E-state index < -0.39 is 34.7 Å². The minimum Gasteiger partial charge on any atom is -0.458 e. The van der Waals surface area contributed by atoms with Gasteiger partial charge in [0.05, 0.1) is 17.6 Å². The molecule has 0 unspecified atom stereocenters. The number of aliphatic hydroxyl groups is 2. The third kappa shape index (κ3) is 2.36. The summed E-state index contributed by atoms with van der Waals surface area (Å²) in [5, 5.41) is 21.0. The molecule has 0 aromatic heterocycles. The van der Waals surface area contributed by atoms with Gasteiger partial charge in [0, 0.05) is 13.1 Å². The van der Waals surface area contributed by atoms with Crippen LogP contribution in [0.5, 0.6) is 0 Å². The molecule has 0 bridgehead atoms. The molecule has 5 atom stereocenters. The second kappa shape index (κ2) is 5.79. The van der Waals surface area contributed by atoms with E-state index in [4.69, 9.17) is 9.47 Å². The van der Waals surface area contributed by atoms with Gasteiger partial charge in [0.15, 0.2) is 0 Å². The first-order valence-electron chi connectivity index (χ1n) is 8.82. The third-order valence-electron chi connectivity index (χ3n) is 6.66. The molecule has 2 saturated heterocycles. The molecule has 3 heterocycles. The normalized spacial score (nSPS) is 43.8. The Morgan fingerprint density at radius 2 is 2.12 bits per heavy atom. The number of esters is 2. The number of cyclic esters (lactones) is 1. The van der Waals surface area contributed by atoms with Gasteiger partial charge in [-0.15, -0.1) is 0 Å². The summed E-state index contributed by atoms with van der Waals surface area (Å²) < 4.78 is 10.7. The summed E-state index contributed by atoms with van der Waals surface area (Å²) in [4.78, 5) is 27.1. The fourth-order valence-corrected chi connectivity index (χ4v) is 4.16. The molecule has 0 aromatic carbocycles. The maximum Gasteiger partial charge on any atom is 0.353 e. The smallest absolute Gasteiger partial charge is 0.353 e. The van der Waals surface area contributed by atoms with Crippen LogP contribution in [0.2, 0.25) is 0 Å². The summed E-state index contributed by atoms with van der Waals surface area (Å²) in [6.45, 7) is 7.77. The minimum absolute atomic E-state index is 0.0170. The van der Waals surface area contributed by atoms with Crippen molar-refractivity contribution in [2.75, 3.05) is 19.7 Å². The molecule has 3 aliphatic heterocycles. The molecule has 25 heavy (non-hydrogen) atoms. The first-order chi connectivity index (χ1) is 11.6. The fraction of sp³-hybridized carbons (Fsp3) is 0.778. The average Bonchev–Trinajstić information content (AvgIpc) is 3.17. The largest absolute Gasteiger partial charge is 0.458 e. The number of nitrogens with zero attached hydrogens (tertiary/aromatic N) is 1. The van der Waals surface area contributed by atoms with Gasteiger partial charge in [0.2, 0.25) is 5.60 Å². The Morgan fingerprint density at radius 3 is 2.72 bits per heavy atom. The van der Waals surface area contributed by atoms with E-state index in [1.165, 1.54) is 13.8 Å². The fourth-order valence-electron chi connectivity index (χ4n) is 4.16. The first kappa shape index (κ1) is 18.4.